The number of rotatable bonds is 6. The summed E-state index contributed by atoms with van der Waals surface area (Å²) in [5.41, 5.74) is 4.06. The fourth-order valence-electron chi connectivity index (χ4n) is 2.66. The van der Waals surface area contributed by atoms with E-state index < -0.39 is 10.0 Å². The van der Waals surface area contributed by atoms with Crippen molar-refractivity contribution in [1.29, 1.82) is 0 Å². The van der Waals surface area contributed by atoms with Crippen LogP contribution in [0.4, 0.5) is 5.69 Å². The number of sulfonamides is 1. The van der Waals surface area contributed by atoms with Crippen LogP contribution in [0, 0.1) is 13.8 Å². The van der Waals surface area contributed by atoms with Gasteiger partial charge in [0.25, 0.3) is 5.91 Å². The normalized spacial score (nSPS) is 11.2. The van der Waals surface area contributed by atoms with Gasteiger partial charge in [-0.3, -0.25) is 4.79 Å². The molecule has 3 aromatic rings. The van der Waals surface area contributed by atoms with Crippen LogP contribution in [0.2, 0.25) is 0 Å². The topological polar surface area (TPSA) is 75.3 Å². The minimum atomic E-state index is -3.66. The third-order valence-corrected chi connectivity index (χ3v) is 5.82. The van der Waals surface area contributed by atoms with Gasteiger partial charge in [0.05, 0.1) is 4.90 Å². The summed E-state index contributed by atoms with van der Waals surface area (Å²) < 4.78 is 27.5. The maximum atomic E-state index is 12.5. The lowest BCUT2D eigenvalue weighted by molar-refractivity contribution is 0.102. The van der Waals surface area contributed by atoms with E-state index >= 15 is 0 Å². The molecule has 0 atom stereocenters. The van der Waals surface area contributed by atoms with Crippen LogP contribution in [0.1, 0.15) is 27.0 Å². The molecule has 0 saturated carbocycles. The van der Waals surface area contributed by atoms with Crippen molar-refractivity contribution < 1.29 is 13.2 Å². The van der Waals surface area contributed by atoms with E-state index in [1.807, 2.05) is 62.4 Å². The molecule has 0 spiro atoms. The van der Waals surface area contributed by atoms with E-state index in [1.54, 1.807) is 0 Å². The second kappa shape index (κ2) is 8.37. The zero-order valence-corrected chi connectivity index (χ0v) is 16.6. The third-order valence-electron chi connectivity index (χ3n) is 4.41. The van der Waals surface area contributed by atoms with Crippen molar-refractivity contribution in [2.45, 2.75) is 25.3 Å². The first-order valence-corrected chi connectivity index (χ1v) is 10.4. The van der Waals surface area contributed by atoms with Gasteiger partial charge in [-0.15, -0.1) is 0 Å². The van der Waals surface area contributed by atoms with Crippen molar-refractivity contribution in [3.8, 4) is 0 Å². The van der Waals surface area contributed by atoms with E-state index in [0.717, 1.165) is 22.4 Å². The minimum absolute atomic E-state index is 0.118. The summed E-state index contributed by atoms with van der Waals surface area (Å²) in [5, 5.41) is 2.83. The summed E-state index contributed by atoms with van der Waals surface area (Å²) in [6, 6.07) is 21.0. The first kappa shape index (κ1) is 19.8. The summed E-state index contributed by atoms with van der Waals surface area (Å²) in [7, 11) is -3.66. The summed E-state index contributed by atoms with van der Waals surface area (Å²) in [5.74, 6) is -0.286. The molecule has 0 saturated heterocycles. The maximum absolute atomic E-state index is 12.5. The SMILES string of the molecule is Cc1ccc(CNS(=O)(=O)c2ccc(C(=O)Nc3ccccc3C)cc2)cc1. The van der Waals surface area contributed by atoms with Gasteiger partial charge in [-0.2, -0.15) is 0 Å². The fourth-order valence-corrected chi connectivity index (χ4v) is 3.68. The first-order valence-electron chi connectivity index (χ1n) is 8.87. The quantitative estimate of drug-likeness (QED) is 0.663. The van der Waals surface area contributed by atoms with E-state index in [9.17, 15) is 13.2 Å². The molecule has 0 radical (unpaired) electrons. The molecular weight excluding hydrogens is 372 g/mol. The number of hydrogen-bond donors (Lipinski definition) is 2. The van der Waals surface area contributed by atoms with Crippen molar-refractivity contribution in [2.75, 3.05) is 5.32 Å². The molecule has 28 heavy (non-hydrogen) atoms. The van der Waals surface area contributed by atoms with Gasteiger partial charge in [0, 0.05) is 17.8 Å². The van der Waals surface area contributed by atoms with E-state index in [0.29, 0.717) is 5.56 Å². The molecule has 0 aliphatic rings. The monoisotopic (exact) mass is 394 g/mol. The minimum Gasteiger partial charge on any atom is -0.322 e. The number of aryl methyl sites for hydroxylation is 2. The van der Waals surface area contributed by atoms with Gasteiger partial charge < -0.3 is 5.32 Å². The molecule has 3 aromatic carbocycles. The van der Waals surface area contributed by atoms with E-state index in [-0.39, 0.29) is 17.3 Å². The van der Waals surface area contributed by atoms with Crippen LogP contribution in [0.5, 0.6) is 0 Å². The second-order valence-electron chi connectivity index (χ2n) is 6.60. The molecule has 6 heteroatoms. The van der Waals surface area contributed by atoms with Gasteiger partial charge in [0.1, 0.15) is 0 Å². The van der Waals surface area contributed by atoms with Crippen LogP contribution < -0.4 is 10.0 Å². The molecule has 0 aliphatic heterocycles. The Morgan fingerprint density at radius 3 is 2.14 bits per heavy atom. The molecule has 0 aromatic heterocycles. The summed E-state index contributed by atoms with van der Waals surface area (Å²) >= 11 is 0. The summed E-state index contributed by atoms with van der Waals surface area (Å²) in [4.78, 5) is 12.5. The highest BCUT2D eigenvalue weighted by molar-refractivity contribution is 7.89. The standard InChI is InChI=1S/C22H22N2O3S/c1-16-7-9-18(10-8-16)15-23-28(26,27)20-13-11-19(12-14-20)22(25)24-21-6-4-3-5-17(21)2/h3-14,23H,15H2,1-2H3,(H,24,25). The number of para-hydroxylation sites is 1. The lowest BCUT2D eigenvalue weighted by Crippen LogP contribution is -2.23. The lowest BCUT2D eigenvalue weighted by Gasteiger charge is -2.10. The Morgan fingerprint density at radius 2 is 1.50 bits per heavy atom. The van der Waals surface area contributed by atoms with Gasteiger partial charge in [0.15, 0.2) is 0 Å². The predicted octanol–water partition coefficient (Wildman–Crippen LogP) is 4.03. The van der Waals surface area contributed by atoms with Crippen LogP contribution in [-0.2, 0) is 16.6 Å². The van der Waals surface area contributed by atoms with E-state index in [1.165, 1.54) is 24.3 Å². The van der Waals surface area contributed by atoms with Gasteiger partial charge in [-0.1, -0.05) is 48.0 Å². The molecule has 5 nitrogen and oxygen atoms in total. The number of nitrogens with one attached hydrogen (secondary N) is 2. The zero-order chi connectivity index (χ0) is 20.1. The van der Waals surface area contributed by atoms with Crippen molar-refractivity contribution >= 4 is 21.6 Å². The Morgan fingerprint density at radius 1 is 0.857 bits per heavy atom. The molecule has 0 unspecified atom stereocenters. The van der Waals surface area contributed by atoms with Crippen molar-refractivity contribution in [3.63, 3.8) is 0 Å². The Kier molecular flexibility index (Phi) is 5.92. The number of hydrogen-bond acceptors (Lipinski definition) is 3. The van der Waals surface area contributed by atoms with E-state index in [4.69, 9.17) is 0 Å². The van der Waals surface area contributed by atoms with Crippen LogP contribution in [0.25, 0.3) is 0 Å². The van der Waals surface area contributed by atoms with Crippen molar-refractivity contribution in [2.24, 2.45) is 0 Å². The average Bonchev–Trinajstić information content (AvgIpc) is 2.69. The number of benzene rings is 3. The first-order chi connectivity index (χ1) is 13.3. The second-order valence-corrected chi connectivity index (χ2v) is 8.37. The van der Waals surface area contributed by atoms with Crippen LogP contribution in [0.15, 0.2) is 77.7 Å². The highest BCUT2D eigenvalue weighted by Crippen LogP contribution is 2.16. The van der Waals surface area contributed by atoms with Gasteiger partial charge >= 0.3 is 0 Å². The van der Waals surface area contributed by atoms with E-state index in [2.05, 4.69) is 10.0 Å². The molecule has 0 heterocycles. The zero-order valence-electron chi connectivity index (χ0n) is 15.8. The van der Waals surface area contributed by atoms with Crippen LogP contribution >= 0.6 is 0 Å². The number of anilines is 1. The van der Waals surface area contributed by atoms with Crippen LogP contribution in [-0.4, -0.2) is 14.3 Å². The molecule has 0 fully saturated rings. The van der Waals surface area contributed by atoms with Gasteiger partial charge in [-0.25, -0.2) is 13.1 Å². The number of amides is 1. The Hall–Kier alpha value is -2.96. The molecule has 2 N–H and O–H groups in total. The van der Waals surface area contributed by atoms with Crippen LogP contribution in [0.3, 0.4) is 0 Å². The molecule has 0 bridgehead atoms. The predicted molar refractivity (Wildman–Crippen MR) is 111 cm³/mol. The molecule has 0 aliphatic carbocycles. The fraction of sp³-hybridized carbons (Fsp3) is 0.136. The van der Waals surface area contributed by atoms with Crippen molar-refractivity contribution in [3.05, 3.63) is 95.1 Å². The maximum Gasteiger partial charge on any atom is 0.255 e. The largest absolute Gasteiger partial charge is 0.322 e. The molecular formula is C22H22N2O3S. The highest BCUT2D eigenvalue weighted by Gasteiger charge is 2.15. The Labute approximate surface area is 165 Å². The molecule has 1 amide bonds. The number of carbonyl (C=O) groups excluding carboxylic acids is 1. The number of carbonyl (C=O) groups is 1. The smallest absolute Gasteiger partial charge is 0.255 e. The average molecular weight is 394 g/mol. The van der Waals surface area contributed by atoms with Crippen molar-refractivity contribution in [1.82, 2.24) is 4.72 Å². The Balaban J connectivity index is 1.67. The molecule has 144 valence electrons. The van der Waals surface area contributed by atoms with Gasteiger partial charge in [-0.05, 0) is 55.3 Å². The summed E-state index contributed by atoms with van der Waals surface area (Å²) in [6.07, 6.45) is 0. The Bertz CT molecular complexity index is 1070. The van der Waals surface area contributed by atoms with Gasteiger partial charge in [0.2, 0.25) is 10.0 Å². The third kappa shape index (κ3) is 4.85. The molecule has 3 rings (SSSR count). The highest BCUT2D eigenvalue weighted by atomic mass is 32.2. The lowest BCUT2D eigenvalue weighted by atomic mass is 10.1. The summed E-state index contributed by atoms with van der Waals surface area (Å²) in [6.45, 7) is 4.09.